The number of hydrogen-bond acceptors (Lipinski definition) is 4. The zero-order valence-electron chi connectivity index (χ0n) is 13.5. The minimum Gasteiger partial charge on any atom is -0.491 e. The summed E-state index contributed by atoms with van der Waals surface area (Å²) in [7, 11) is 1.72. The molecule has 2 unspecified atom stereocenters. The van der Waals surface area contributed by atoms with Gasteiger partial charge in [0, 0.05) is 45.0 Å². The van der Waals surface area contributed by atoms with E-state index < -0.39 is 0 Å². The van der Waals surface area contributed by atoms with E-state index in [4.69, 9.17) is 15.2 Å². The van der Waals surface area contributed by atoms with Crippen LogP contribution in [-0.2, 0) is 4.74 Å². The van der Waals surface area contributed by atoms with Crippen molar-refractivity contribution in [2.45, 2.75) is 45.3 Å². The van der Waals surface area contributed by atoms with Crippen molar-refractivity contribution in [2.24, 2.45) is 5.73 Å². The molecule has 4 heteroatoms. The van der Waals surface area contributed by atoms with E-state index in [2.05, 4.69) is 36.9 Å². The predicted octanol–water partition coefficient (Wildman–Crippen LogP) is 2.73. The van der Waals surface area contributed by atoms with Gasteiger partial charge < -0.3 is 20.1 Å². The minimum absolute atomic E-state index is 0.165. The van der Waals surface area contributed by atoms with Crippen LogP contribution in [0.15, 0.2) is 18.2 Å². The van der Waals surface area contributed by atoms with Gasteiger partial charge in [0.2, 0.25) is 0 Å². The third kappa shape index (κ3) is 4.61. The van der Waals surface area contributed by atoms with E-state index in [1.54, 1.807) is 7.11 Å². The molecule has 1 fully saturated rings. The molecule has 2 rings (SSSR count). The first kappa shape index (κ1) is 16.1. The predicted molar refractivity (Wildman–Crippen MR) is 87.2 cm³/mol. The highest BCUT2D eigenvalue weighted by Gasteiger charge is 2.18. The third-order valence-corrected chi connectivity index (χ3v) is 4.03. The maximum absolute atomic E-state index is 6.08. The fourth-order valence-electron chi connectivity index (χ4n) is 2.86. The summed E-state index contributed by atoms with van der Waals surface area (Å²) in [5.41, 5.74) is 8.61. The van der Waals surface area contributed by atoms with Crippen molar-refractivity contribution in [3.8, 4) is 5.75 Å². The van der Waals surface area contributed by atoms with Crippen LogP contribution >= 0.6 is 0 Å². The lowest BCUT2D eigenvalue weighted by Gasteiger charge is -2.33. The number of nitrogens with two attached hydrogens (primary N) is 1. The Kier molecular flexibility index (Phi) is 5.88. The lowest BCUT2D eigenvalue weighted by Crippen LogP contribution is -2.43. The molecule has 1 saturated heterocycles. The minimum atomic E-state index is 0.165. The van der Waals surface area contributed by atoms with Gasteiger partial charge in [0.25, 0.3) is 0 Å². The summed E-state index contributed by atoms with van der Waals surface area (Å²) < 4.78 is 11.0. The van der Waals surface area contributed by atoms with Crippen molar-refractivity contribution in [3.63, 3.8) is 0 Å². The van der Waals surface area contributed by atoms with E-state index in [1.807, 2.05) is 0 Å². The molecule has 1 aromatic rings. The van der Waals surface area contributed by atoms with E-state index in [1.165, 1.54) is 17.7 Å². The first-order chi connectivity index (χ1) is 10.1. The second-order valence-electron chi connectivity index (χ2n) is 6.01. The van der Waals surface area contributed by atoms with Crippen LogP contribution in [0.25, 0.3) is 0 Å². The molecule has 0 aliphatic carbocycles. The zero-order valence-corrected chi connectivity index (χ0v) is 13.5. The van der Waals surface area contributed by atoms with Crippen LogP contribution in [0.4, 0.5) is 5.69 Å². The molecular weight excluding hydrogens is 264 g/mol. The van der Waals surface area contributed by atoms with E-state index >= 15 is 0 Å². The van der Waals surface area contributed by atoms with Gasteiger partial charge in [-0.15, -0.1) is 0 Å². The highest BCUT2D eigenvalue weighted by molar-refractivity contribution is 5.56. The summed E-state index contributed by atoms with van der Waals surface area (Å²) in [6.45, 7) is 6.99. The van der Waals surface area contributed by atoms with Crippen molar-refractivity contribution >= 4 is 5.69 Å². The summed E-state index contributed by atoms with van der Waals surface area (Å²) in [4.78, 5) is 2.39. The Balaban J connectivity index is 2.00. The topological polar surface area (TPSA) is 47.7 Å². The fraction of sp³-hybridized carbons (Fsp3) is 0.647. The highest BCUT2D eigenvalue weighted by atomic mass is 16.5. The average Bonchev–Trinajstić information content (AvgIpc) is 2.45. The van der Waals surface area contributed by atoms with Gasteiger partial charge in [-0.25, -0.2) is 0 Å². The van der Waals surface area contributed by atoms with Crippen molar-refractivity contribution in [1.82, 2.24) is 0 Å². The van der Waals surface area contributed by atoms with Gasteiger partial charge in [-0.2, -0.15) is 0 Å². The second-order valence-corrected chi connectivity index (χ2v) is 6.01. The summed E-state index contributed by atoms with van der Waals surface area (Å²) in [6, 6.07) is 6.64. The fourth-order valence-corrected chi connectivity index (χ4v) is 2.86. The zero-order chi connectivity index (χ0) is 15.2. The van der Waals surface area contributed by atoms with Gasteiger partial charge in [-0.1, -0.05) is 0 Å². The number of benzene rings is 1. The first-order valence-electron chi connectivity index (χ1n) is 7.87. The van der Waals surface area contributed by atoms with Gasteiger partial charge in [-0.3, -0.25) is 0 Å². The standard InChI is InChI=1S/C17H28N2O2/c1-13-11-16(21-14(2)8-10-20-3)6-7-17(13)19-9-4-5-15(18)12-19/h6-7,11,14-15H,4-5,8-10,12,18H2,1-3H3. The summed E-state index contributed by atoms with van der Waals surface area (Å²) in [5.74, 6) is 0.932. The average molecular weight is 292 g/mol. The van der Waals surface area contributed by atoms with Crippen LogP contribution in [0, 0.1) is 6.92 Å². The molecule has 118 valence electrons. The Labute approximate surface area is 128 Å². The molecule has 4 nitrogen and oxygen atoms in total. The van der Waals surface area contributed by atoms with Gasteiger partial charge in [0.1, 0.15) is 5.75 Å². The number of rotatable bonds is 6. The number of ether oxygens (including phenoxy) is 2. The van der Waals surface area contributed by atoms with E-state index in [-0.39, 0.29) is 6.10 Å². The molecule has 2 N–H and O–H groups in total. The van der Waals surface area contributed by atoms with Crippen LogP contribution < -0.4 is 15.4 Å². The molecule has 0 aromatic heterocycles. The van der Waals surface area contributed by atoms with Crippen molar-refractivity contribution in [3.05, 3.63) is 23.8 Å². The van der Waals surface area contributed by atoms with Crippen LogP contribution in [0.2, 0.25) is 0 Å². The number of piperidine rings is 1. The van der Waals surface area contributed by atoms with Crippen LogP contribution in [0.5, 0.6) is 5.75 Å². The molecule has 21 heavy (non-hydrogen) atoms. The lowest BCUT2D eigenvalue weighted by molar-refractivity contribution is 0.135. The van der Waals surface area contributed by atoms with Crippen molar-refractivity contribution in [1.29, 1.82) is 0 Å². The molecule has 1 aliphatic rings. The Morgan fingerprint density at radius 3 is 2.90 bits per heavy atom. The van der Waals surface area contributed by atoms with E-state index in [0.29, 0.717) is 6.04 Å². The SMILES string of the molecule is COCCC(C)Oc1ccc(N2CCCC(N)C2)c(C)c1. The van der Waals surface area contributed by atoms with Gasteiger partial charge in [-0.05, 0) is 50.5 Å². The molecule has 0 saturated carbocycles. The number of aryl methyl sites for hydroxylation is 1. The molecule has 0 amide bonds. The number of nitrogens with zero attached hydrogens (tertiary/aromatic N) is 1. The summed E-state index contributed by atoms with van der Waals surface area (Å²) in [6.07, 6.45) is 3.37. The van der Waals surface area contributed by atoms with Crippen LogP contribution in [0.1, 0.15) is 31.7 Å². The first-order valence-corrected chi connectivity index (χ1v) is 7.87. The number of anilines is 1. The molecule has 0 spiro atoms. The number of methoxy groups -OCH3 is 1. The second kappa shape index (κ2) is 7.66. The Morgan fingerprint density at radius 1 is 1.43 bits per heavy atom. The molecule has 2 atom stereocenters. The van der Waals surface area contributed by atoms with E-state index in [0.717, 1.165) is 38.3 Å². The molecule has 1 aliphatic heterocycles. The molecule has 0 radical (unpaired) electrons. The molecule has 1 heterocycles. The van der Waals surface area contributed by atoms with Crippen molar-refractivity contribution in [2.75, 3.05) is 31.7 Å². The van der Waals surface area contributed by atoms with Gasteiger partial charge in [0.05, 0.1) is 6.10 Å². The van der Waals surface area contributed by atoms with E-state index in [9.17, 15) is 0 Å². The quantitative estimate of drug-likeness (QED) is 0.876. The molecular formula is C17H28N2O2. The normalized spacial score (nSPS) is 20.4. The summed E-state index contributed by atoms with van der Waals surface area (Å²) in [5, 5.41) is 0. The smallest absolute Gasteiger partial charge is 0.120 e. The maximum atomic E-state index is 6.08. The molecule has 0 bridgehead atoms. The largest absolute Gasteiger partial charge is 0.491 e. The Morgan fingerprint density at radius 2 is 2.24 bits per heavy atom. The number of hydrogen-bond donors (Lipinski definition) is 1. The maximum Gasteiger partial charge on any atom is 0.120 e. The molecule has 1 aromatic carbocycles. The Bertz CT molecular complexity index is 450. The van der Waals surface area contributed by atoms with Crippen LogP contribution in [-0.4, -0.2) is 39.0 Å². The van der Waals surface area contributed by atoms with Gasteiger partial charge in [0.15, 0.2) is 0 Å². The van der Waals surface area contributed by atoms with Crippen molar-refractivity contribution < 1.29 is 9.47 Å². The highest BCUT2D eigenvalue weighted by Crippen LogP contribution is 2.27. The van der Waals surface area contributed by atoms with Gasteiger partial charge >= 0.3 is 0 Å². The Hall–Kier alpha value is -1.26. The monoisotopic (exact) mass is 292 g/mol. The lowest BCUT2D eigenvalue weighted by atomic mass is 10.0. The summed E-state index contributed by atoms with van der Waals surface area (Å²) >= 11 is 0. The third-order valence-electron chi connectivity index (χ3n) is 4.03. The van der Waals surface area contributed by atoms with Crippen LogP contribution in [0.3, 0.4) is 0 Å².